The van der Waals surface area contributed by atoms with Gasteiger partial charge in [-0.2, -0.15) is 0 Å². The molecule has 0 atom stereocenters. The van der Waals surface area contributed by atoms with Gasteiger partial charge < -0.3 is 15.4 Å². The first-order chi connectivity index (χ1) is 15.1. The first-order valence-electron chi connectivity index (χ1n) is 10.2. The number of aromatic nitrogens is 3. The van der Waals surface area contributed by atoms with Gasteiger partial charge in [0.25, 0.3) is 11.1 Å². The van der Waals surface area contributed by atoms with Crippen LogP contribution in [0.5, 0.6) is 5.75 Å². The predicted octanol–water partition coefficient (Wildman–Crippen LogP) is 2.72. The molecule has 0 aromatic carbocycles. The maximum Gasteiger partial charge on any atom is 0.290 e. The van der Waals surface area contributed by atoms with Crippen LogP contribution in [0.25, 0.3) is 6.08 Å². The lowest BCUT2D eigenvalue weighted by Gasteiger charge is -2.30. The Morgan fingerprint density at radius 1 is 1.19 bits per heavy atom. The third-order valence-corrected chi connectivity index (χ3v) is 6.13. The van der Waals surface area contributed by atoms with Crippen molar-refractivity contribution in [3.63, 3.8) is 0 Å². The van der Waals surface area contributed by atoms with Crippen molar-refractivity contribution < 1.29 is 14.3 Å². The second-order valence-corrected chi connectivity index (χ2v) is 8.43. The molecule has 3 N–H and O–H groups in total. The summed E-state index contributed by atoms with van der Waals surface area (Å²) in [5.74, 6) is 0.987. The second kappa shape index (κ2) is 9.88. The number of hydrogen-bond donors (Lipinski definition) is 3. The van der Waals surface area contributed by atoms with Crippen LogP contribution in [0, 0.1) is 0 Å². The van der Waals surface area contributed by atoms with Gasteiger partial charge in [-0.25, -0.2) is 9.97 Å². The summed E-state index contributed by atoms with van der Waals surface area (Å²) >= 11 is 0.877. The van der Waals surface area contributed by atoms with Crippen LogP contribution in [0.1, 0.15) is 36.9 Å². The maximum atomic E-state index is 11.7. The Kier molecular flexibility index (Phi) is 6.78. The number of hydrogen-bond acceptors (Lipinski definition) is 9. The molecule has 0 radical (unpaired) electrons. The van der Waals surface area contributed by atoms with Gasteiger partial charge in [0.2, 0.25) is 5.95 Å². The molecule has 0 bridgehead atoms. The molecular formula is C21H24N6O3S. The molecule has 0 unspecified atom stereocenters. The Bertz CT molecular complexity index is 991. The highest BCUT2D eigenvalue weighted by Gasteiger charge is 2.25. The Hall–Kier alpha value is -2.98. The van der Waals surface area contributed by atoms with Crippen molar-refractivity contribution in [3.05, 3.63) is 46.9 Å². The molecule has 3 heterocycles. The van der Waals surface area contributed by atoms with E-state index in [2.05, 4.69) is 30.9 Å². The van der Waals surface area contributed by atoms with E-state index in [-0.39, 0.29) is 5.24 Å². The molecule has 2 amide bonds. The Labute approximate surface area is 184 Å². The van der Waals surface area contributed by atoms with E-state index in [4.69, 9.17) is 4.74 Å². The van der Waals surface area contributed by atoms with Crippen LogP contribution in [-0.4, -0.2) is 45.3 Å². The Morgan fingerprint density at radius 2 is 2.00 bits per heavy atom. The van der Waals surface area contributed by atoms with Gasteiger partial charge >= 0.3 is 0 Å². The van der Waals surface area contributed by atoms with Gasteiger partial charge in [-0.05, 0) is 55.7 Å². The third-order valence-electron chi connectivity index (χ3n) is 5.32. The summed E-state index contributed by atoms with van der Waals surface area (Å²) in [5, 5.41) is 8.87. The zero-order valence-corrected chi connectivity index (χ0v) is 17.9. The molecule has 2 aliphatic rings. The highest BCUT2D eigenvalue weighted by molar-refractivity contribution is 8.18. The molecular weight excluding hydrogens is 416 g/mol. The normalized spacial score (nSPS) is 22.4. The summed E-state index contributed by atoms with van der Waals surface area (Å²) in [6.45, 7) is 0.730. The summed E-state index contributed by atoms with van der Waals surface area (Å²) in [4.78, 5) is 36.3. The van der Waals surface area contributed by atoms with E-state index in [1.54, 1.807) is 31.6 Å². The number of nitrogens with zero attached hydrogens (tertiary/aromatic N) is 3. The van der Waals surface area contributed by atoms with Gasteiger partial charge in [-0.15, -0.1) is 0 Å². The molecule has 1 aliphatic carbocycles. The molecule has 31 heavy (non-hydrogen) atoms. The zero-order valence-electron chi connectivity index (χ0n) is 17.1. The average Bonchev–Trinajstić information content (AvgIpc) is 3.10. The number of amides is 2. The minimum absolute atomic E-state index is 0.291. The van der Waals surface area contributed by atoms with Crippen molar-refractivity contribution in [1.29, 1.82) is 0 Å². The molecule has 1 saturated carbocycles. The van der Waals surface area contributed by atoms with Crippen molar-refractivity contribution in [3.8, 4) is 5.75 Å². The van der Waals surface area contributed by atoms with E-state index in [0.29, 0.717) is 28.6 Å². The van der Waals surface area contributed by atoms with Gasteiger partial charge in [0.15, 0.2) is 0 Å². The molecule has 2 aromatic rings. The van der Waals surface area contributed by atoms with E-state index in [0.717, 1.165) is 55.3 Å². The number of thioether (sulfide) groups is 1. The molecule has 162 valence electrons. The number of ether oxygens (including phenoxy) is 1. The number of anilines is 1. The van der Waals surface area contributed by atoms with Gasteiger partial charge in [0, 0.05) is 42.8 Å². The first kappa shape index (κ1) is 21.3. The van der Waals surface area contributed by atoms with Gasteiger partial charge in [0.05, 0.1) is 17.7 Å². The topological polar surface area (TPSA) is 118 Å². The minimum atomic E-state index is -0.391. The maximum absolute atomic E-state index is 11.7. The lowest BCUT2D eigenvalue weighted by atomic mass is 9.91. The number of methoxy groups -OCH3 is 1. The first-order valence-corrected chi connectivity index (χ1v) is 11.0. The van der Waals surface area contributed by atoms with Crippen LogP contribution in [0.15, 0.2) is 35.6 Å². The van der Waals surface area contributed by atoms with Crippen LogP contribution >= 0.6 is 11.8 Å². The van der Waals surface area contributed by atoms with Crippen molar-refractivity contribution >= 4 is 34.9 Å². The fraction of sp³-hybridized carbons (Fsp3) is 0.381. The number of carbonyl (C=O) groups excluding carboxylic acids is 2. The summed E-state index contributed by atoms with van der Waals surface area (Å²) in [5.41, 5.74) is 1.64. The van der Waals surface area contributed by atoms with Crippen molar-refractivity contribution in [2.24, 2.45) is 0 Å². The average molecular weight is 441 g/mol. The second-order valence-electron chi connectivity index (χ2n) is 7.42. The molecule has 1 aliphatic heterocycles. The standard InChI is InChI=1S/C21H24N6O3S/c1-30-17-7-8-22-11-13(17)12-24-14-2-4-15(5-3-14)25-20-23-9-6-16(26-20)10-18-19(28)27-21(29)31-18/h6-11,14-15,24H,2-5,12H2,1H3,(H,23,25,26)(H,27,28,29)/b18-10+. The fourth-order valence-electron chi connectivity index (χ4n) is 3.70. The van der Waals surface area contributed by atoms with Gasteiger partial charge in [-0.1, -0.05) is 0 Å². The SMILES string of the molecule is COc1ccncc1CNC1CCC(Nc2nccc(/C=C3/SC(=O)NC3=O)n2)CC1. The number of rotatable bonds is 7. The van der Waals surface area contributed by atoms with Crippen LogP contribution in [0.3, 0.4) is 0 Å². The Morgan fingerprint density at radius 3 is 2.74 bits per heavy atom. The number of imide groups is 1. The lowest BCUT2D eigenvalue weighted by molar-refractivity contribution is -0.115. The highest BCUT2D eigenvalue weighted by atomic mass is 32.2. The summed E-state index contributed by atoms with van der Waals surface area (Å²) in [6, 6.07) is 4.31. The zero-order chi connectivity index (χ0) is 21.6. The minimum Gasteiger partial charge on any atom is -0.496 e. The number of nitrogens with one attached hydrogen (secondary N) is 3. The molecule has 2 fully saturated rings. The predicted molar refractivity (Wildman–Crippen MR) is 118 cm³/mol. The summed E-state index contributed by atoms with van der Waals surface area (Å²) in [7, 11) is 1.67. The van der Waals surface area contributed by atoms with Crippen LogP contribution in [0.2, 0.25) is 0 Å². The van der Waals surface area contributed by atoms with E-state index >= 15 is 0 Å². The Balaban J connectivity index is 1.28. The molecule has 0 spiro atoms. The van der Waals surface area contributed by atoms with Gasteiger partial charge in [-0.3, -0.25) is 19.9 Å². The number of pyridine rings is 1. The highest BCUT2D eigenvalue weighted by Crippen LogP contribution is 2.26. The van der Waals surface area contributed by atoms with E-state index < -0.39 is 5.91 Å². The third kappa shape index (κ3) is 5.59. The van der Waals surface area contributed by atoms with Crippen LogP contribution in [0.4, 0.5) is 10.7 Å². The monoisotopic (exact) mass is 440 g/mol. The molecule has 2 aromatic heterocycles. The largest absolute Gasteiger partial charge is 0.496 e. The summed E-state index contributed by atoms with van der Waals surface area (Å²) in [6.07, 6.45) is 10.9. The van der Waals surface area contributed by atoms with Crippen LogP contribution < -0.4 is 20.7 Å². The van der Waals surface area contributed by atoms with E-state index in [1.165, 1.54) is 0 Å². The van der Waals surface area contributed by atoms with Crippen molar-refractivity contribution in [2.45, 2.75) is 44.3 Å². The van der Waals surface area contributed by atoms with E-state index in [1.807, 2.05) is 12.3 Å². The van der Waals surface area contributed by atoms with Crippen molar-refractivity contribution in [2.75, 3.05) is 12.4 Å². The molecule has 1 saturated heterocycles. The molecule has 9 nitrogen and oxygen atoms in total. The van der Waals surface area contributed by atoms with Gasteiger partial charge in [0.1, 0.15) is 5.75 Å². The quantitative estimate of drug-likeness (QED) is 0.558. The van der Waals surface area contributed by atoms with E-state index in [9.17, 15) is 9.59 Å². The fourth-order valence-corrected chi connectivity index (χ4v) is 4.37. The number of carbonyl (C=O) groups is 2. The lowest BCUT2D eigenvalue weighted by Crippen LogP contribution is -2.37. The molecule has 10 heteroatoms. The molecule has 4 rings (SSSR count). The summed E-state index contributed by atoms with van der Waals surface area (Å²) < 4.78 is 5.38. The van der Waals surface area contributed by atoms with Crippen LogP contribution in [-0.2, 0) is 11.3 Å². The van der Waals surface area contributed by atoms with Crippen molar-refractivity contribution in [1.82, 2.24) is 25.6 Å². The smallest absolute Gasteiger partial charge is 0.290 e.